The molecule has 1 aliphatic heterocycles. The number of rotatable bonds is 5. The Morgan fingerprint density at radius 3 is 2.62 bits per heavy atom. The molecule has 0 spiro atoms. The molecule has 1 amide bonds. The molecule has 2 heterocycles. The number of carbonyl (C=O) groups is 1. The Labute approximate surface area is 166 Å². The summed E-state index contributed by atoms with van der Waals surface area (Å²) in [5.41, 5.74) is 1.61. The second-order valence-electron chi connectivity index (χ2n) is 6.80. The molecule has 0 atom stereocenters. The normalized spacial score (nSPS) is 15.1. The molecule has 1 saturated heterocycles. The molecule has 0 saturated carbocycles. The van der Waals surface area contributed by atoms with E-state index in [1.165, 1.54) is 19.2 Å². The van der Waals surface area contributed by atoms with Crippen molar-refractivity contribution in [3.8, 4) is 11.5 Å². The molecular weight excluding hydrogens is 382 g/mol. The Balaban J connectivity index is 1.49. The predicted octanol–water partition coefficient (Wildman–Crippen LogP) is 4.46. The van der Waals surface area contributed by atoms with Gasteiger partial charge in [0, 0.05) is 19.0 Å². The first kappa shape index (κ1) is 19.2. The second-order valence-corrected chi connectivity index (χ2v) is 6.80. The molecule has 6 nitrogen and oxygen atoms in total. The van der Waals surface area contributed by atoms with Gasteiger partial charge in [0.05, 0.1) is 12.7 Å². The summed E-state index contributed by atoms with van der Waals surface area (Å²) >= 11 is 0. The molecule has 2 aromatic carbocycles. The maximum Gasteiger partial charge on any atom is 0.387 e. The molecule has 0 unspecified atom stereocenters. The van der Waals surface area contributed by atoms with Crippen molar-refractivity contribution in [3.63, 3.8) is 0 Å². The van der Waals surface area contributed by atoms with Gasteiger partial charge < -0.3 is 18.8 Å². The van der Waals surface area contributed by atoms with Gasteiger partial charge >= 0.3 is 6.61 Å². The Kier molecular flexibility index (Phi) is 5.33. The van der Waals surface area contributed by atoms with E-state index in [-0.39, 0.29) is 28.9 Å². The van der Waals surface area contributed by atoms with Crippen molar-refractivity contribution in [3.05, 3.63) is 53.9 Å². The number of hydrogen-bond donors (Lipinski definition) is 0. The third-order valence-corrected chi connectivity index (χ3v) is 5.08. The van der Waals surface area contributed by atoms with Gasteiger partial charge in [-0.1, -0.05) is 18.2 Å². The summed E-state index contributed by atoms with van der Waals surface area (Å²) in [4.78, 5) is 19.1. The predicted molar refractivity (Wildman–Crippen MR) is 102 cm³/mol. The van der Waals surface area contributed by atoms with E-state index in [9.17, 15) is 13.6 Å². The lowest BCUT2D eigenvalue weighted by Crippen LogP contribution is -2.38. The fourth-order valence-electron chi connectivity index (χ4n) is 3.62. The van der Waals surface area contributed by atoms with Gasteiger partial charge in [-0.05, 0) is 37.1 Å². The molecule has 1 aliphatic rings. The molecule has 152 valence electrons. The minimum Gasteiger partial charge on any atom is -0.493 e. The number of aromatic nitrogens is 1. The van der Waals surface area contributed by atoms with Crippen LogP contribution >= 0.6 is 0 Å². The van der Waals surface area contributed by atoms with Gasteiger partial charge in [-0.2, -0.15) is 8.78 Å². The van der Waals surface area contributed by atoms with E-state index in [0.29, 0.717) is 31.8 Å². The summed E-state index contributed by atoms with van der Waals surface area (Å²) in [6.45, 7) is -2.12. The highest BCUT2D eigenvalue weighted by atomic mass is 19.3. The number of para-hydroxylation sites is 3. The van der Waals surface area contributed by atoms with Crippen LogP contribution in [-0.4, -0.2) is 42.6 Å². The Bertz CT molecular complexity index is 980. The quantitative estimate of drug-likeness (QED) is 0.631. The standard InChI is InChI=1S/C21H20F2N2O4/c1-27-17-8-4-5-14(18(17)29-21(22)23)20(26)25-11-9-13(10-12-25)19-24-15-6-2-3-7-16(15)28-19/h2-8,13,21H,9-12H2,1H3. The van der Waals surface area contributed by atoms with Crippen molar-refractivity contribution in [1.29, 1.82) is 0 Å². The van der Waals surface area contributed by atoms with Gasteiger partial charge in [0.2, 0.25) is 0 Å². The van der Waals surface area contributed by atoms with Gasteiger partial charge in [0.25, 0.3) is 5.91 Å². The minimum atomic E-state index is -3.05. The number of nitrogens with zero attached hydrogens (tertiary/aromatic N) is 2. The maximum absolute atomic E-state index is 13.0. The van der Waals surface area contributed by atoms with Crippen molar-refractivity contribution in [2.75, 3.05) is 20.2 Å². The van der Waals surface area contributed by atoms with E-state index < -0.39 is 6.61 Å². The van der Waals surface area contributed by atoms with Crippen molar-refractivity contribution in [2.24, 2.45) is 0 Å². The van der Waals surface area contributed by atoms with Crippen LogP contribution in [0.15, 0.2) is 46.9 Å². The molecule has 0 bridgehead atoms. The summed E-state index contributed by atoms with van der Waals surface area (Å²) in [7, 11) is 1.34. The van der Waals surface area contributed by atoms with Crippen LogP contribution in [0.1, 0.15) is 35.0 Å². The zero-order valence-electron chi connectivity index (χ0n) is 15.8. The van der Waals surface area contributed by atoms with Gasteiger partial charge in [0.1, 0.15) is 5.52 Å². The van der Waals surface area contributed by atoms with Crippen molar-refractivity contribution < 1.29 is 27.5 Å². The number of piperidine rings is 1. The van der Waals surface area contributed by atoms with Crippen LogP contribution in [0, 0.1) is 0 Å². The molecule has 4 rings (SSSR count). The number of ether oxygens (including phenoxy) is 2. The molecule has 29 heavy (non-hydrogen) atoms. The van der Waals surface area contributed by atoms with Crippen LogP contribution in [-0.2, 0) is 0 Å². The largest absolute Gasteiger partial charge is 0.493 e. The summed E-state index contributed by atoms with van der Waals surface area (Å²) in [6.07, 6.45) is 1.35. The highest BCUT2D eigenvalue weighted by Gasteiger charge is 2.30. The lowest BCUT2D eigenvalue weighted by Gasteiger charge is -2.31. The highest BCUT2D eigenvalue weighted by Crippen LogP contribution is 2.35. The number of benzene rings is 2. The Morgan fingerprint density at radius 2 is 1.93 bits per heavy atom. The fourth-order valence-corrected chi connectivity index (χ4v) is 3.62. The van der Waals surface area contributed by atoms with Crippen LogP contribution in [0.25, 0.3) is 11.1 Å². The van der Waals surface area contributed by atoms with E-state index >= 15 is 0 Å². The zero-order valence-corrected chi connectivity index (χ0v) is 15.8. The molecule has 8 heteroatoms. The lowest BCUT2D eigenvalue weighted by atomic mass is 9.96. The van der Waals surface area contributed by atoms with Crippen LogP contribution in [0.4, 0.5) is 8.78 Å². The first-order valence-electron chi connectivity index (χ1n) is 9.33. The average Bonchev–Trinajstić information content (AvgIpc) is 3.17. The zero-order chi connectivity index (χ0) is 20.4. The van der Waals surface area contributed by atoms with Crippen LogP contribution < -0.4 is 9.47 Å². The van der Waals surface area contributed by atoms with E-state index in [1.807, 2.05) is 24.3 Å². The summed E-state index contributed by atoms with van der Waals surface area (Å²) in [6, 6.07) is 12.1. The topological polar surface area (TPSA) is 64.8 Å². The van der Waals surface area contributed by atoms with Gasteiger partial charge in [0.15, 0.2) is 23.0 Å². The molecule has 1 aromatic heterocycles. The average molecular weight is 402 g/mol. The number of oxazole rings is 1. The Morgan fingerprint density at radius 1 is 1.17 bits per heavy atom. The number of methoxy groups -OCH3 is 1. The monoisotopic (exact) mass is 402 g/mol. The number of amides is 1. The first-order chi connectivity index (χ1) is 14.1. The lowest BCUT2D eigenvalue weighted by molar-refractivity contribution is -0.0516. The van der Waals surface area contributed by atoms with Gasteiger partial charge in [-0.15, -0.1) is 0 Å². The number of alkyl halides is 2. The summed E-state index contributed by atoms with van der Waals surface area (Å²) in [5.74, 6) is 0.263. The molecule has 0 N–H and O–H groups in total. The van der Waals surface area contributed by atoms with E-state index in [1.54, 1.807) is 11.0 Å². The third-order valence-electron chi connectivity index (χ3n) is 5.08. The second kappa shape index (κ2) is 8.06. The molecular formula is C21H20F2N2O4. The number of hydrogen-bond acceptors (Lipinski definition) is 5. The minimum absolute atomic E-state index is 0.0602. The van der Waals surface area contributed by atoms with E-state index in [2.05, 4.69) is 9.72 Å². The molecule has 3 aromatic rings. The first-order valence-corrected chi connectivity index (χ1v) is 9.33. The smallest absolute Gasteiger partial charge is 0.387 e. The SMILES string of the molecule is COc1cccc(C(=O)N2CCC(c3nc4ccccc4o3)CC2)c1OC(F)F. The van der Waals surface area contributed by atoms with Crippen molar-refractivity contribution in [2.45, 2.75) is 25.4 Å². The van der Waals surface area contributed by atoms with Gasteiger partial charge in [-0.3, -0.25) is 4.79 Å². The van der Waals surface area contributed by atoms with E-state index in [0.717, 1.165) is 11.1 Å². The third kappa shape index (κ3) is 3.87. The summed E-state index contributed by atoms with van der Waals surface area (Å²) in [5, 5.41) is 0. The number of halogens is 2. The highest BCUT2D eigenvalue weighted by molar-refractivity contribution is 5.98. The summed E-state index contributed by atoms with van der Waals surface area (Å²) < 4.78 is 41.2. The van der Waals surface area contributed by atoms with Gasteiger partial charge in [-0.25, -0.2) is 4.98 Å². The molecule has 1 fully saturated rings. The number of carbonyl (C=O) groups excluding carboxylic acids is 1. The van der Waals surface area contributed by atoms with Crippen LogP contribution in [0.2, 0.25) is 0 Å². The number of fused-ring (bicyclic) bond motifs is 1. The fraction of sp³-hybridized carbons (Fsp3) is 0.333. The Hall–Kier alpha value is -3.16. The van der Waals surface area contributed by atoms with Crippen LogP contribution in [0.3, 0.4) is 0 Å². The van der Waals surface area contributed by atoms with Crippen molar-refractivity contribution in [1.82, 2.24) is 9.88 Å². The maximum atomic E-state index is 13.0. The van der Waals surface area contributed by atoms with Crippen LogP contribution in [0.5, 0.6) is 11.5 Å². The van der Waals surface area contributed by atoms with E-state index in [4.69, 9.17) is 9.15 Å². The number of likely N-dealkylation sites (tertiary alicyclic amines) is 1. The van der Waals surface area contributed by atoms with Crippen molar-refractivity contribution >= 4 is 17.0 Å². The molecule has 0 radical (unpaired) electrons. The molecule has 0 aliphatic carbocycles.